The van der Waals surface area contributed by atoms with Crippen LogP contribution in [0.5, 0.6) is 0 Å². The van der Waals surface area contributed by atoms with Gasteiger partial charge in [-0.15, -0.1) is 10.2 Å². The van der Waals surface area contributed by atoms with E-state index >= 15 is 0 Å². The molecule has 0 spiro atoms. The second-order valence-electron chi connectivity index (χ2n) is 5.41. The van der Waals surface area contributed by atoms with Crippen molar-refractivity contribution in [2.24, 2.45) is 0 Å². The third-order valence-electron chi connectivity index (χ3n) is 3.50. The highest BCUT2D eigenvalue weighted by molar-refractivity contribution is 5.78. The van der Waals surface area contributed by atoms with E-state index in [1.807, 2.05) is 0 Å². The largest absolute Gasteiger partial charge is 0.421 e. The maximum absolute atomic E-state index is 12.9. The summed E-state index contributed by atoms with van der Waals surface area (Å²) in [5, 5.41) is 10.5. The standard InChI is InChI=1S/C18H15F2N3O2/c19-14-5-1-12(2-6-14)11-16(24)21-10-9-17-22-23-18(25-17)13-3-7-15(20)8-4-13/h1-8H,9-11H2,(H,21,24). The van der Waals surface area contributed by atoms with E-state index in [9.17, 15) is 13.6 Å². The Morgan fingerprint density at radius 1 is 0.960 bits per heavy atom. The van der Waals surface area contributed by atoms with Crippen LogP contribution in [-0.4, -0.2) is 22.6 Å². The van der Waals surface area contributed by atoms with Crippen LogP contribution in [0.3, 0.4) is 0 Å². The normalized spacial score (nSPS) is 10.6. The molecule has 0 radical (unpaired) electrons. The van der Waals surface area contributed by atoms with Crippen LogP contribution < -0.4 is 5.32 Å². The van der Waals surface area contributed by atoms with Crippen molar-refractivity contribution in [1.82, 2.24) is 15.5 Å². The van der Waals surface area contributed by atoms with Gasteiger partial charge in [-0.25, -0.2) is 8.78 Å². The number of nitrogens with one attached hydrogen (secondary N) is 1. The Labute approximate surface area is 142 Å². The van der Waals surface area contributed by atoms with Crippen LogP contribution >= 0.6 is 0 Å². The Morgan fingerprint density at radius 3 is 2.28 bits per heavy atom. The van der Waals surface area contributed by atoms with Crippen LogP contribution in [-0.2, 0) is 17.6 Å². The summed E-state index contributed by atoms with van der Waals surface area (Å²) in [4.78, 5) is 11.8. The van der Waals surface area contributed by atoms with Gasteiger partial charge in [0.05, 0.1) is 6.42 Å². The van der Waals surface area contributed by atoms with E-state index in [4.69, 9.17) is 4.42 Å². The van der Waals surface area contributed by atoms with Crippen LogP contribution in [0.2, 0.25) is 0 Å². The summed E-state index contributed by atoms with van der Waals surface area (Å²) in [5.41, 5.74) is 1.36. The van der Waals surface area contributed by atoms with E-state index < -0.39 is 0 Å². The maximum Gasteiger partial charge on any atom is 0.247 e. The molecule has 1 amide bonds. The van der Waals surface area contributed by atoms with Crippen molar-refractivity contribution in [3.05, 3.63) is 71.6 Å². The van der Waals surface area contributed by atoms with E-state index in [1.165, 1.54) is 24.3 Å². The zero-order valence-electron chi connectivity index (χ0n) is 13.2. The Balaban J connectivity index is 1.48. The first-order chi connectivity index (χ1) is 12.1. The third kappa shape index (κ3) is 4.69. The molecule has 0 unspecified atom stereocenters. The lowest BCUT2D eigenvalue weighted by atomic mass is 10.1. The lowest BCUT2D eigenvalue weighted by Gasteiger charge is -2.03. The van der Waals surface area contributed by atoms with Crippen molar-refractivity contribution in [2.45, 2.75) is 12.8 Å². The second kappa shape index (κ2) is 7.65. The zero-order valence-corrected chi connectivity index (χ0v) is 13.2. The van der Waals surface area contributed by atoms with E-state index in [0.717, 1.165) is 5.56 Å². The third-order valence-corrected chi connectivity index (χ3v) is 3.50. The van der Waals surface area contributed by atoms with E-state index in [-0.39, 0.29) is 24.0 Å². The minimum absolute atomic E-state index is 0.172. The lowest BCUT2D eigenvalue weighted by molar-refractivity contribution is -0.120. The molecule has 25 heavy (non-hydrogen) atoms. The molecule has 1 aromatic heterocycles. The van der Waals surface area contributed by atoms with Gasteiger partial charge in [0.25, 0.3) is 0 Å². The second-order valence-corrected chi connectivity index (χ2v) is 5.41. The number of carbonyl (C=O) groups is 1. The summed E-state index contributed by atoms with van der Waals surface area (Å²) in [5.74, 6) is -0.177. The first kappa shape index (κ1) is 16.8. The number of nitrogens with zero attached hydrogens (tertiary/aromatic N) is 2. The summed E-state index contributed by atoms with van der Waals surface area (Å²) in [6.45, 7) is 0.338. The summed E-state index contributed by atoms with van der Waals surface area (Å²) < 4.78 is 31.2. The van der Waals surface area contributed by atoms with Crippen LogP contribution in [0.15, 0.2) is 52.9 Å². The van der Waals surface area contributed by atoms with E-state index in [2.05, 4.69) is 15.5 Å². The molecule has 0 bridgehead atoms. The van der Waals surface area contributed by atoms with Gasteiger partial charge in [0.2, 0.25) is 17.7 Å². The minimum atomic E-state index is -0.340. The van der Waals surface area contributed by atoms with Gasteiger partial charge in [-0.1, -0.05) is 12.1 Å². The number of aromatic nitrogens is 2. The average molecular weight is 343 g/mol. The smallest absolute Gasteiger partial charge is 0.247 e. The number of halogens is 2. The molecule has 1 heterocycles. The summed E-state index contributed by atoms with van der Waals surface area (Å²) >= 11 is 0. The molecule has 0 saturated carbocycles. The highest BCUT2D eigenvalue weighted by Gasteiger charge is 2.09. The van der Waals surface area contributed by atoms with Gasteiger partial charge in [-0.3, -0.25) is 4.79 Å². The molecule has 0 fully saturated rings. The summed E-state index contributed by atoms with van der Waals surface area (Å²) in [6, 6.07) is 11.5. The van der Waals surface area contributed by atoms with Gasteiger partial charge in [-0.2, -0.15) is 0 Å². The maximum atomic E-state index is 12.9. The molecular formula is C18H15F2N3O2. The molecule has 1 N–H and O–H groups in total. The van der Waals surface area contributed by atoms with E-state index in [1.54, 1.807) is 24.3 Å². The number of amides is 1. The molecule has 3 rings (SSSR count). The Bertz CT molecular complexity index is 846. The first-order valence-electron chi connectivity index (χ1n) is 7.69. The van der Waals surface area contributed by atoms with Gasteiger partial charge in [0, 0.05) is 18.5 Å². The topological polar surface area (TPSA) is 68.0 Å². The Kier molecular flexibility index (Phi) is 5.13. The predicted octanol–water partition coefficient (Wildman–Crippen LogP) is 2.92. The predicted molar refractivity (Wildman–Crippen MR) is 86.5 cm³/mol. The molecule has 5 nitrogen and oxygen atoms in total. The fourth-order valence-corrected chi connectivity index (χ4v) is 2.22. The van der Waals surface area contributed by atoms with Gasteiger partial charge in [0.15, 0.2) is 0 Å². The molecular weight excluding hydrogens is 328 g/mol. The van der Waals surface area contributed by atoms with Crippen LogP contribution in [0.4, 0.5) is 8.78 Å². The van der Waals surface area contributed by atoms with Crippen molar-refractivity contribution in [3.63, 3.8) is 0 Å². The zero-order chi connectivity index (χ0) is 17.6. The van der Waals surface area contributed by atoms with Crippen molar-refractivity contribution in [2.75, 3.05) is 6.54 Å². The molecule has 128 valence electrons. The van der Waals surface area contributed by atoms with Crippen LogP contribution in [0.1, 0.15) is 11.5 Å². The SMILES string of the molecule is O=C(Cc1ccc(F)cc1)NCCc1nnc(-c2ccc(F)cc2)o1. The molecule has 0 atom stereocenters. The number of carbonyl (C=O) groups excluding carboxylic acids is 1. The highest BCUT2D eigenvalue weighted by Crippen LogP contribution is 2.18. The van der Waals surface area contributed by atoms with E-state index in [0.29, 0.717) is 30.3 Å². The van der Waals surface area contributed by atoms with Crippen molar-refractivity contribution >= 4 is 5.91 Å². The molecule has 0 aliphatic heterocycles. The fraction of sp³-hybridized carbons (Fsp3) is 0.167. The average Bonchev–Trinajstić information content (AvgIpc) is 3.06. The Morgan fingerprint density at radius 2 is 1.60 bits per heavy atom. The van der Waals surface area contributed by atoms with Crippen LogP contribution in [0.25, 0.3) is 11.5 Å². The molecule has 7 heteroatoms. The molecule has 0 aliphatic rings. The van der Waals surface area contributed by atoms with Crippen molar-refractivity contribution in [1.29, 1.82) is 0 Å². The molecule has 3 aromatic rings. The van der Waals surface area contributed by atoms with Crippen molar-refractivity contribution < 1.29 is 18.0 Å². The highest BCUT2D eigenvalue weighted by atomic mass is 19.1. The first-order valence-corrected chi connectivity index (χ1v) is 7.69. The monoisotopic (exact) mass is 343 g/mol. The van der Waals surface area contributed by atoms with Gasteiger partial charge < -0.3 is 9.73 Å². The number of hydrogen-bond acceptors (Lipinski definition) is 4. The number of hydrogen-bond donors (Lipinski definition) is 1. The van der Waals surface area contributed by atoms with Crippen LogP contribution in [0, 0.1) is 11.6 Å². The Hall–Kier alpha value is -3.09. The van der Waals surface area contributed by atoms with Gasteiger partial charge in [-0.05, 0) is 42.0 Å². The summed E-state index contributed by atoms with van der Waals surface area (Å²) in [7, 11) is 0. The minimum Gasteiger partial charge on any atom is -0.421 e. The van der Waals surface area contributed by atoms with Crippen molar-refractivity contribution in [3.8, 4) is 11.5 Å². The number of rotatable bonds is 6. The quantitative estimate of drug-likeness (QED) is 0.747. The molecule has 0 saturated heterocycles. The summed E-state index contributed by atoms with van der Waals surface area (Å²) in [6.07, 6.45) is 0.550. The lowest BCUT2D eigenvalue weighted by Crippen LogP contribution is -2.27. The van der Waals surface area contributed by atoms with Gasteiger partial charge in [0.1, 0.15) is 11.6 Å². The number of benzene rings is 2. The fourth-order valence-electron chi connectivity index (χ4n) is 2.22. The molecule has 2 aromatic carbocycles. The van der Waals surface area contributed by atoms with Gasteiger partial charge >= 0.3 is 0 Å². The molecule has 0 aliphatic carbocycles.